The van der Waals surface area contributed by atoms with Crippen molar-refractivity contribution in [3.63, 3.8) is 0 Å². The van der Waals surface area contributed by atoms with Crippen molar-refractivity contribution in [3.8, 4) is 0 Å². The number of rotatable bonds is 6. The molecule has 1 rings (SSSR count). The molecule has 1 aromatic rings. The van der Waals surface area contributed by atoms with Crippen LogP contribution in [0.25, 0.3) is 0 Å². The van der Waals surface area contributed by atoms with E-state index in [2.05, 4.69) is 5.32 Å². The summed E-state index contributed by atoms with van der Waals surface area (Å²) >= 11 is 0. The summed E-state index contributed by atoms with van der Waals surface area (Å²) < 4.78 is 48.8. The van der Waals surface area contributed by atoms with Crippen molar-refractivity contribution in [2.75, 3.05) is 20.6 Å². The van der Waals surface area contributed by atoms with Gasteiger partial charge in [-0.1, -0.05) is 0 Å². The van der Waals surface area contributed by atoms with E-state index in [0.717, 1.165) is 4.31 Å². The highest BCUT2D eigenvalue weighted by Gasteiger charge is 2.19. The van der Waals surface area contributed by atoms with E-state index in [4.69, 9.17) is 5.11 Å². The molecule has 1 unspecified atom stereocenters. The molecule has 21 heavy (non-hydrogen) atoms. The predicted molar refractivity (Wildman–Crippen MR) is 71.7 cm³/mol. The van der Waals surface area contributed by atoms with Gasteiger partial charge in [0.05, 0.1) is 4.90 Å². The number of carbonyl (C=O) groups is 1. The molecule has 0 fully saturated rings. The van der Waals surface area contributed by atoms with Crippen LogP contribution in [0, 0.1) is 0 Å². The Morgan fingerprint density at radius 1 is 1.29 bits per heavy atom. The standard InChI is InChI=1S/C12H16F2N2O4S/c1-16(2)21(19,20)9-5-3-8(4-6-9)12(18)15-7-10(17)11(13)14/h3-6,10-11,17H,7H2,1-2H3,(H,15,18). The van der Waals surface area contributed by atoms with Crippen molar-refractivity contribution in [3.05, 3.63) is 29.8 Å². The molecule has 1 amide bonds. The van der Waals surface area contributed by atoms with Gasteiger partial charge in [-0.05, 0) is 24.3 Å². The van der Waals surface area contributed by atoms with E-state index in [9.17, 15) is 22.0 Å². The summed E-state index contributed by atoms with van der Waals surface area (Å²) in [6.45, 7) is -0.589. The fourth-order valence-corrected chi connectivity index (χ4v) is 2.28. The smallest absolute Gasteiger partial charge is 0.265 e. The van der Waals surface area contributed by atoms with Gasteiger partial charge in [-0.15, -0.1) is 0 Å². The summed E-state index contributed by atoms with van der Waals surface area (Å²) in [4.78, 5) is 11.7. The topological polar surface area (TPSA) is 86.7 Å². The molecular formula is C12H16F2N2O4S. The molecule has 1 aromatic carbocycles. The number of amides is 1. The average molecular weight is 322 g/mol. The molecule has 2 N–H and O–H groups in total. The molecule has 0 spiro atoms. The van der Waals surface area contributed by atoms with Crippen molar-refractivity contribution in [2.24, 2.45) is 0 Å². The van der Waals surface area contributed by atoms with Gasteiger partial charge in [-0.2, -0.15) is 0 Å². The van der Waals surface area contributed by atoms with Crippen LogP contribution in [-0.4, -0.2) is 56.9 Å². The lowest BCUT2D eigenvalue weighted by Gasteiger charge is -2.12. The van der Waals surface area contributed by atoms with Crippen molar-refractivity contribution >= 4 is 15.9 Å². The van der Waals surface area contributed by atoms with E-state index in [1.165, 1.54) is 38.4 Å². The Balaban J connectivity index is 2.77. The molecule has 0 aromatic heterocycles. The second kappa shape index (κ2) is 6.92. The van der Waals surface area contributed by atoms with Crippen molar-refractivity contribution < 1.29 is 27.1 Å². The molecule has 0 bridgehead atoms. The first-order valence-electron chi connectivity index (χ1n) is 5.93. The number of aliphatic hydroxyl groups excluding tert-OH is 1. The van der Waals surface area contributed by atoms with Crippen LogP contribution in [0.3, 0.4) is 0 Å². The Bertz CT molecular complexity index is 588. The normalized spacial score (nSPS) is 13.5. The van der Waals surface area contributed by atoms with Gasteiger partial charge in [0.25, 0.3) is 12.3 Å². The predicted octanol–water partition coefficient (Wildman–Crippen LogP) is 0.293. The Morgan fingerprint density at radius 2 is 1.81 bits per heavy atom. The molecule has 9 heteroatoms. The van der Waals surface area contributed by atoms with Crippen LogP contribution in [0.1, 0.15) is 10.4 Å². The Morgan fingerprint density at radius 3 is 2.24 bits per heavy atom. The van der Waals surface area contributed by atoms with Crippen LogP contribution in [0.4, 0.5) is 8.78 Å². The third kappa shape index (κ3) is 4.45. The quantitative estimate of drug-likeness (QED) is 0.788. The van der Waals surface area contributed by atoms with E-state index in [-0.39, 0.29) is 10.5 Å². The minimum absolute atomic E-state index is 0.0108. The van der Waals surface area contributed by atoms with Gasteiger partial charge in [0.15, 0.2) is 0 Å². The number of benzene rings is 1. The molecule has 0 aliphatic heterocycles. The first kappa shape index (κ1) is 17.5. The molecule has 0 radical (unpaired) electrons. The summed E-state index contributed by atoms with van der Waals surface area (Å²) in [5, 5.41) is 11.0. The largest absolute Gasteiger partial charge is 0.385 e. The van der Waals surface area contributed by atoms with Crippen LogP contribution >= 0.6 is 0 Å². The SMILES string of the molecule is CN(C)S(=O)(=O)c1ccc(C(=O)NCC(O)C(F)F)cc1. The number of nitrogens with zero attached hydrogens (tertiary/aromatic N) is 1. The van der Waals surface area contributed by atoms with Gasteiger partial charge in [0, 0.05) is 26.2 Å². The lowest BCUT2D eigenvalue weighted by molar-refractivity contribution is -0.00270. The van der Waals surface area contributed by atoms with Crippen molar-refractivity contribution in [1.82, 2.24) is 9.62 Å². The van der Waals surface area contributed by atoms with Crippen LogP contribution in [-0.2, 0) is 10.0 Å². The second-order valence-corrected chi connectivity index (χ2v) is 6.58. The summed E-state index contributed by atoms with van der Waals surface area (Å²) in [6, 6.07) is 5.02. The number of carbonyl (C=O) groups excluding carboxylic acids is 1. The van der Waals surface area contributed by atoms with Crippen LogP contribution < -0.4 is 5.32 Å². The lowest BCUT2D eigenvalue weighted by Crippen LogP contribution is -2.35. The molecule has 0 aliphatic rings. The highest BCUT2D eigenvalue weighted by Crippen LogP contribution is 2.14. The number of hydrogen-bond donors (Lipinski definition) is 2. The third-order valence-corrected chi connectivity index (χ3v) is 4.49. The summed E-state index contributed by atoms with van der Waals surface area (Å²) in [5.74, 6) is -0.677. The summed E-state index contributed by atoms with van der Waals surface area (Å²) in [5.41, 5.74) is 0.106. The third-order valence-electron chi connectivity index (χ3n) is 2.66. The summed E-state index contributed by atoms with van der Waals surface area (Å²) in [7, 11) is -0.841. The van der Waals surface area contributed by atoms with Gasteiger partial charge in [-0.3, -0.25) is 4.79 Å². The number of hydrogen-bond acceptors (Lipinski definition) is 4. The van der Waals surface area contributed by atoms with Gasteiger partial charge < -0.3 is 10.4 Å². The molecule has 0 saturated heterocycles. The van der Waals surface area contributed by atoms with Gasteiger partial charge in [-0.25, -0.2) is 21.5 Å². The maximum Gasteiger partial charge on any atom is 0.265 e. The molecule has 118 valence electrons. The monoisotopic (exact) mass is 322 g/mol. The number of nitrogens with one attached hydrogen (secondary N) is 1. The van der Waals surface area contributed by atoms with E-state index in [1.54, 1.807) is 0 Å². The molecule has 6 nitrogen and oxygen atoms in total. The minimum Gasteiger partial charge on any atom is -0.385 e. The zero-order valence-electron chi connectivity index (χ0n) is 11.5. The number of aliphatic hydroxyl groups is 1. The average Bonchev–Trinajstić information content (AvgIpc) is 2.44. The first-order chi connectivity index (χ1) is 9.66. The van der Waals surface area contributed by atoms with Crippen LogP contribution in [0.5, 0.6) is 0 Å². The van der Waals surface area contributed by atoms with E-state index >= 15 is 0 Å². The molecule has 0 saturated carbocycles. The van der Waals surface area contributed by atoms with Crippen molar-refractivity contribution in [2.45, 2.75) is 17.4 Å². The molecular weight excluding hydrogens is 306 g/mol. The van der Waals surface area contributed by atoms with Gasteiger partial charge >= 0.3 is 0 Å². The second-order valence-electron chi connectivity index (χ2n) is 4.42. The zero-order valence-corrected chi connectivity index (χ0v) is 12.3. The zero-order chi connectivity index (χ0) is 16.2. The van der Waals surface area contributed by atoms with Crippen molar-refractivity contribution in [1.29, 1.82) is 0 Å². The van der Waals surface area contributed by atoms with E-state index in [0.29, 0.717) is 0 Å². The fraction of sp³-hybridized carbons (Fsp3) is 0.417. The Kier molecular flexibility index (Phi) is 5.76. The Labute approximate surface area is 121 Å². The number of alkyl halides is 2. The van der Waals surface area contributed by atoms with Crippen LogP contribution in [0.2, 0.25) is 0 Å². The van der Waals surface area contributed by atoms with Crippen LogP contribution in [0.15, 0.2) is 29.2 Å². The first-order valence-corrected chi connectivity index (χ1v) is 7.37. The van der Waals surface area contributed by atoms with E-state index in [1.807, 2.05) is 0 Å². The molecule has 0 heterocycles. The highest BCUT2D eigenvalue weighted by atomic mass is 32.2. The minimum atomic E-state index is -3.59. The molecule has 0 aliphatic carbocycles. The maximum absolute atomic E-state index is 12.1. The van der Waals surface area contributed by atoms with Gasteiger partial charge in [0.2, 0.25) is 10.0 Å². The fourth-order valence-electron chi connectivity index (χ4n) is 1.38. The number of halogens is 2. The number of sulfonamides is 1. The van der Waals surface area contributed by atoms with Gasteiger partial charge in [0.1, 0.15) is 6.10 Å². The highest BCUT2D eigenvalue weighted by molar-refractivity contribution is 7.89. The lowest BCUT2D eigenvalue weighted by atomic mass is 10.2. The Hall–Kier alpha value is -1.58. The van der Waals surface area contributed by atoms with E-state index < -0.39 is 35.0 Å². The maximum atomic E-state index is 12.1. The molecule has 1 atom stereocenters. The summed E-state index contributed by atoms with van der Waals surface area (Å²) in [6.07, 6.45) is -4.89.